The minimum Gasteiger partial charge on any atom is -0.504 e. The largest absolute Gasteiger partial charge is 0.504 e. The molecule has 0 fully saturated rings. The number of ether oxygens (including phenoxy) is 1. The predicted octanol–water partition coefficient (Wildman–Crippen LogP) is 7.01. The van der Waals surface area contributed by atoms with Crippen LogP contribution >= 0.6 is 11.3 Å². The molecule has 1 aromatic heterocycles. The molecule has 2 aromatic carbocycles. The number of carbonyl (C=O) groups excluding carboxylic acids is 1. The van der Waals surface area contributed by atoms with Gasteiger partial charge in [-0.2, -0.15) is 0 Å². The van der Waals surface area contributed by atoms with Gasteiger partial charge in [0.25, 0.3) is 5.91 Å². The van der Waals surface area contributed by atoms with E-state index in [1.807, 2.05) is 37.3 Å². The molecule has 1 aliphatic rings. The smallest absolute Gasteiger partial charge is 0.259 e. The normalized spacial score (nSPS) is 15.8. The topological polar surface area (TPSA) is 70.9 Å². The van der Waals surface area contributed by atoms with Crippen LogP contribution in [0.2, 0.25) is 0 Å². The summed E-state index contributed by atoms with van der Waals surface area (Å²) in [6, 6.07) is 14.7. The molecule has 1 heterocycles. The number of hydrogen-bond acceptors (Lipinski definition) is 5. The number of rotatable bonds is 6. The lowest BCUT2D eigenvalue weighted by atomic mass is 9.72. The first-order valence-corrected chi connectivity index (χ1v) is 12.6. The van der Waals surface area contributed by atoms with Crippen molar-refractivity contribution in [1.29, 1.82) is 0 Å². The van der Waals surface area contributed by atoms with E-state index in [2.05, 4.69) is 26.1 Å². The maximum Gasteiger partial charge on any atom is 0.259 e. The molecule has 178 valence electrons. The zero-order valence-corrected chi connectivity index (χ0v) is 21.0. The summed E-state index contributed by atoms with van der Waals surface area (Å²) in [5.74, 6) is 0.978. The molecule has 0 saturated carbocycles. The van der Waals surface area contributed by atoms with Gasteiger partial charge < -0.3 is 15.2 Å². The van der Waals surface area contributed by atoms with Crippen LogP contribution in [0.4, 0.5) is 10.7 Å². The monoisotopic (exact) mass is 476 g/mol. The highest BCUT2D eigenvalue weighted by atomic mass is 32.1. The fraction of sp³-hybridized carbons (Fsp3) is 0.357. The lowest BCUT2D eigenvalue weighted by molar-refractivity contribution is 0.102. The van der Waals surface area contributed by atoms with Gasteiger partial charge in [-0.05, 0) is 79.0 Å². The molecule has 4 rings (SSSR count). The Morgan fingerprint density at radius 3 is 2.71 bits per heavy atom. The van der Waals surface area contributed by atoms with Crippen molar-refractivity contribution in [1.82, 2.24) is 0 Å². The van der Waals surface area contributed by atoms with E-state index < -0.39 is 0 Å². The molecule has 2 N–H and O–H groups in total. The Morgan fingerprint density at radius 1 is 1.24 bits per heavy atom. The van der Waals surface area contributed by atoms with Gasteiger partial charge in [0.2, 0.25) is 0 Å². The SMILES string of the molecule is CCOc1cc(C=Nc2sc3c(c2C(=O)Nc2ccccc2)CCC(C(C)(C)C)C3)ccc1O. The van der Waals surface area contributed by atoms with Crippen LogP contribution in [0.5, 0.6) is 11.5 Å². The van der Waals surface area contributed by atoms with Crippen molar-refractivity contribution in [3.63, 3.8) is 0 Å². The van der Waals surface area contributed by atoms with Crippen LogP contribution in [0.15, 0.2) is 53.5 Å². The average Bonchev–Trinajstić information content (AvgIpc) is 3.17. The number of anilines is 1. The summed E-state index contributed by atoms with van der Waals surface area (Å²) >= 11 is 1.62. The Labute approximate surface area is 205 Å². The standard InChI is InChI=1S/C28H32N2O3S/c1-5-33-23-15-18(11-14-22(23)31)17-29-27-25(26(32)30-20-9-7-6-8-10-20)21-13-12-19(28(2,3)4)16-24(21)34-27/h6-11,14-15,17,19,31H,5,12-13,16H2,1-4H3,(H,30,32). The molecular formula is C28H32N2O3S. The molecule has 1 amide bonds. The second kappa shape index (κ2) is 10.0. The molecule has 6 heteroatoms. The number of nitrogens with one attached hydrogen (secondary N) is 1. The van der Waals surface area contributed by atoms with E-state index in [4.69, 9.17) is 9.73 Å². The number of para-hydroxylation sites is 1. The number of nitrogens with zero attached hydrogens (tertiary/aromatic N) is 1. The zero-order valence-electron chi connectivity index (χ0n) is 20.2. The van der Waals surface area contributed by atoms with Crippen molar-refractivity contribution in [2.75, 3.05) is 11.9 Å². The molecule has 0 aliphatic heterocycles. The summed E-state index contributed by atoms with van der Waals surface area (Å²) in [6.07, 6.45) is 4.66. The van der Waals surface area contributed by atoms with Crippen molar-refractivity contribution >= 4 is 34.1 Å². The summed E-state index contributed by atoms with van der Waals surface area (Å²) in [7, 11) is 0. The second-order valence-corrected chi connectivity index (χ2v) is 10.8. The van der Waals surface area contributed by atoms with Crippen molar-refractivity contribution in [2.24, 2.45) is 16.3 Å². The number of thiophene rings is 1. The molecule has 0 spiro atoms. The molecule has 34 heavy (non-hydrogen) atoms. The summed E-state index contributed by atoms with van der Waals surface area (Å²) in [6.45, 7) is 9.21. The molecule has 0 saturated heterocycles. The van der Waals surface area contributed by atoms with Gasteiger partial charge in [0.15, 0.2) is 11.5 Å². The van der Waals surface area contributed by atoms with Gasteiger partial charge in [0.05, 0.1) is 12.2 Å². The van der Waals surface area contributed by atoms with Crippen molar-refractivity contribution in [3.8, 4) is 11.5 Å². The van der Waals surface area contributed by atoms with Crippen LogP contribution in [0.25, 0.3) is 0 Å². The zero-order chi connectivity index (χ0) is 24.3. The van der Waals surface area contributed by atoms with Gasteiger partial charge >= 0.3 is 0 Å². The number of aliphatic imine (C=N–C) groups is 1. The number of carbonyl (C=O) groups is 1. The number of benzene rings is 2. The molecule has 1 aliphatic carbocycles. The minimum atomic E-state index is -0.120. The van der Waals surface area contributed by atoms with E-state index in [1.54, 1.807) is 35.8 Å². The quantitative estimate of drug-likeness (QED) is 0.376. The highest BCUT2D eigenvalue weighted by molar-refractivity contribution is 7.16. The predicted molar refractivity (Wildman–Crippen MR) is 140 cm³/mol. The molecular weight excluding hydrogens is 444 g/mol. The number of amides is 1. The van der Waals surface area contributed by atoms with Crippen LogP contribution in [0, 0.1) is 11.3 Å². The van der Waals surface area contributed by atoms with E-state index in [0.29, 0.717) is 23.8 Å². The van der Waals surface area contributed by atoms with Crippen LogP contribution in [-0.2, 0) is 12.8 Å². The van der Waals surface area contributed by atoms with E-state index in [1.165, 1.54) is 4.88 Å². The third kappa shape index (κ3) is 5.33. The molecule has 3 aromatic rings. The fourth-order valence-electron chi connectivity index (χ4n) is 4.37. The van der Waals surface area contributed by atoms with E-state index in [9.17, 15) is 9.90 Å². The Kier molecular flexibility index (Phi) is 7.08. The van der Waals surface area contributed by atoms with Crippen LogP contribution in [0.1, 0.15) is 60.5 Å². The highest BCUT2D eigenvalue weighted by Crippen LogP contribution is 2.45. The number of phenolic OH excluding ortho intramolecular Hbond substituents is 1. The lowest BCUT2D eigenvalue weighted by Gasteiger charge is -2.33. The Morgan fingerprint density at radius 2 is 2.00 bits per heavy atom. The minimum absolute atomic E-state index is 0.0988. The summed E-state index contributed by atoms with van der Waals surface area (Å²) in [5, 5.41) is 13.8. The van der Waals surface area contributed by atoms with Gasteiger partial charge in [-0.25, -0.2) is 4.99 Å². The van der Waals surface area contributed by atoms with Gasteiger partial charge in [0, 0.05) is 16.8 Å². The maximum absolute atomic E-state index is 13.4. The van der Waals surface area contributed by atoms with Crippen LogP contribution in [0.3, 0.4) is 0 Å². The first kappa shape index (κ1) is 24.0. The molecule has 0 radical (unpaired) electrons. The first-order valence-electron chi connectivity index (χ1n) is 11.8. The van der Waals surface area contributed by atoms with Gasteiger partial charge in [-0.3, -0.25) is 4.79 Å². The average molecular weight is 477 g/mol. The number of phenols is 1. The van der Waals surface area contributed by atoms with Gasteiger partial charge in [0.1, 0.15) is 5.00 Å². The first-order chi connectivity index (χ1) is 16.3. The number of hydrogen-bond donors (Lipinski definition) is 2. The van der Waals surface area contributed by atoms with Crippen molar-refractivity contribution in [3.05, 3.63) is 70.1 Å². The Balaban J connectivity index is 1.69. The Bertz CT molecular complexity index is 1190. The molecule has 1 unspecified atom stereocenters. The summed E-state index contributed by atoms with van der Waals surface area (Å²) in [4.78, 5) is 19.4. The second-order valence-electron chi connectivity index (χ2n) is 9.73. The van der Waals surface area contributed by atoms with Crippen LogP contribution in [-0.4, -0.2) is 23.8 Å². The third-order valence-corrected chi connectivity index (χ3v) is 7.51. The molecule has 5 nitrogen and oxygen atoms in total. The van der Waals surface area contributed by atoms with Gasteiger partial charge in [-0.15, -0.1) is 11.3 Å². The highest BCUT2D eigenvalue weighted by Gasteiger charge is 2.33. The third-order valence-electron chi connectivity index (χ3n) is 6.34. The van der Waals surface area contributed by atoms with E-state index >= 15 is 0 Å². The fourth-order valence-corrected chi connectivity index (χ4v) is 5.63. The van der Waals surface area contributed by atoms with Gasteiger partial charge in [-0.1, -0.05) is 39.0 Å². The van der Waals surface area contributed by atoms with E-state index in [0.717, 1.165) is 41.1 Å². The summed E-state index contributed by atoms with van der Waals surface area (Å²) < 4.78 is 5.49. The maximum atomic E-state index is 13.4. The lowest BCUT2D eigenvalue weighted by Crippen LogP contribution is -2.27. The Hall–Kier alpha value is -3.12. The van der Waals surface area contributed by atoms with E-state index in [-0.39, 0.29) is 17.1 Å². The van der Waals surface area contributed by atoms with Crippen molar-refractivity contribution < 1.29 is 14.6 Å². The number of aromatic hydroxyl groups is 1. The molecule has 0 bridgehead atoms. The number of fused-ring (bicyclic) bond motifs is 1. The summed E-state index contributed by atoms with van der Waals surface area (Å²) in [5.41, 5.74) is 3.60. The van der Waals surface area contributed by atoms with Crippen LogP contribution < -0.4 is 10.1 Å². The molecule has 1 atom stereocenters. The van der Waals surface area contributed by atoms with Crippen molar-refractivity contribution in [2.45, 2.75) is 47.0 Å².